The van der Waals surface area contributed by atoms with E-state index < -0.39 is 0 Å². The lowest BCUT2D eigenvalue weighted by molar-refractivity contribution is -0.118. The number of carbonyl (C=O) groups excluding carboxylic acids is 1. The van der Waals surface area contributed by atoms with E-state index in [1.54, 1.807) is 0 Å². The van der Waals surface area contributed by atoms with Crippen molar-refractivity contribution in [3.63, 3.8) is 0 Å². The topological polar surface area (TPSA) is 53.8 Å². The number of hydrogen-bond donors (Lipinski definition) is 1. The third-order valence-electron chi connectivity index (χ3n) is 5.49. The maximum atomic E-state index is 12.2. The molecule has 0 radical (unpaired) electrons. The van der Waals surface area contributed by atoms with Gasteiger partial charge in [-0.2, -0.15) is 5.10 Å². The molecule has 0 unspecified atom stereocenters. The number of nitrogens with one attached hydrogen (secondary N) is 1. The normalized spacial score (nSPS) is 18.1. The van der Waals surface area contributed by atoms with Gasteiger partial charge in [0.05, 0.1) is 11.5 Å². The summed E-state index contributed by atoms with van der Waals surface area (Å²) in [5.74, 6) is 0.0556. The summed E-state index contributed by atoms with van der Waals surface area (Å²) >= 11 is 1.50. The van der Waals surface area contributed by atoms with Crippen LogP contribution in [-0.2, 0) is 4.79 Å². The van der Waals surface area contributed by atoms with E-state index in [0.29, 0.717) is 5.17 Å². The van der Waals surface area contributed by atoms with Gasteiger partial charge in [0.2, 0.25) is 5.91 Å². The molecular formula is C25H27N3OS. The second-order valence-corrected chi connectivity index (χ2v) is 8.87. The molecule has 4 nitrogen and oxygen atoms in total. The number of fused-ring (bicyclic) bond motifs is 2. The number of amidine groups is 1. The number of carbonyl (C=O) groups is 1. The fraction of sp³-hybridized carbons (Fsp3) is 0.320. The van der Waals surface area contributed by atoms with Crippen LogP contribution in [-0.4, -0.2) is 22.5 Å². The van der Waals surface area contributed by atoms with Crippen LogP contribution in [0.5, 0.6) is 0 Å². The Balaban J connectivity index is 1.49. The highest BCUT2D eigenvalue weighted by molar-refractivity contribution is 8.15. The zero-order valence-corrected chi connectivity index (χ0v) is 18.1. The van der Waals surface area contributed by atoms with Crippen LogP contribution in [0.25, 0.3) is 21.5 Å². The standard InChI is InChI=1S/C25H27N3OS/c1-2-3-4-5-6-15-23-24(29)27-25(30-23)28-26-17-22-20-13-9-7-11-18(20)16-19-12-8-10-14-21(19)22/h7-14,16-17,23H,2-6,15H2,1H3,(H,27,28,29)/b26-17-/t23-/m0/s1. The minimum Gasteiger partial charge on any atom is -0.303 e. The molecule has 1 heterocycles. The Kier molecular flexibility index (Phi) is 6.80. The van der Waals surface area contributed by atoms with Crippen molar-refractivity contribution < 1.29 is 4.79 Å². The predicted molar refractivity (Wildman–Crippen MR) is 129 cm³/mol. The van der Waals surface area contributed by atoms with Gasteiger partial charge in [0, 0.05) is 5.56 Å². The first kappa shape index (κ1) is 20.6. The van der Waals surface area contributed by atoms with Crippen LogP contribution in [0.3, 0.4) is 0 Å². The van der Waals surface area contributed by atoms with Crippen LogP contribution in [0.1, 0.15) is 51.0 Å². The van der Waals surface area contributed by atoms with E-state index in [0.717, 1.165) is 29.2 Å². The molecule has 1 aliphatic heterocycles. The lowest BCUT2D eigenvalue weighted by Crippen LogP contribution is -2.24. The van der Waals surface area contributed by atoms with Crippen LogP contribution in [0.4, 0.5) is 0 Å². The Hall–Kier alpha value is -2.66. The summed E-state index contributed by atoms with van der Waals surface area (Å²) in [6.45, 7) is 2.21. The molecule has 1 saturated heterocycles. The fourth-order valence-corrected chi connectivity index (χ4v) is 4.88. The monoisotopic (exact) mass is 417 g/mol. The minimum atomic E-state index is -0.0426. The molecule has 0 aliphatic carbocycles. The molecule has 1 amide bonds. The molecule has 1 fully saturated rings. The molecule has 0 spiro atoms. The van der Waals surface area contributed by atoms with Crippen molar-refractivity contribution in [1.29, 1.82) is 0 Å². The Morgan fingerprint density at radius 3 is 2.33 bits per heavy atom. The molecule has 1 aliphatic rings. The highest BCUT2D eigenvalue weighted by Crippen LogP contribution is 2.28. The van der Waals surface area contributed by atoms with E-state index in [1.165, 1.54) is 48.2 Å². The van der Waals surface area contributed by atoms with Gasteiger partial charge in [-0.3, -0.25) is 4.79 Å². The van der Waals surface area contributed by atoms with Crippen molar-refractivity contribution >= 4 is 50.6 Å². The summed E-state index contributed by atoms with van der Waals surface area (Å²) in [6.07, 6.45) is 8.74. The van der Waals surface area contributed by atoms with Crippen molar-refractivity contribution in [2.45, 2.75) is 50.7 Å². The fourth-order valence-electron chi connectivity index (χ4n) is 3.90. The third-order valence-corrected chi connectivity index (χ3v) is 6.64. The second-order valence-electron chi connectivity index (χ2n) is 7.68. The molecule has 1 N–H and O–H groups in total. The maximum Gasteiger partial charge on any atom is 0.239 e. The SMILES string of the molecule is CCCCCCC[C@@H]1S/C(=N\N=C/c2c3ccccc3cc3ccccc23)NC1=O. The van der Waals surface area contributed by atoms with Gasteiger partial charge in [-0.25, -0.2) is 0 Å². The number of rotatable bonds is 8. The van der Waals surface area contributed by atoms with Crippen LogP contribution in [0.2, 0.25) is 0 Å². The van der Waals surface area contributed by atoms with Gasteiger partial charge < -0.3 is 5.32 Å². The molecule has 154 valence electrons. The summed E-state index contributed by atoms with van der Waals surface area (Å²) in [5, 5.41) is 16.7. The summed E-state index contributed by atoms with van der Waals surface area (Å²) < 4.78 is 0. The average molecular weight is 418 g/mol. The predicted octanol–water partition coefficient (Wildman–Crippen LogP) is 6.28. The Labute approximate surface area is 181 Å². The second kappa shape index (κ2) is 9.90. The van der Waals surface area contributed by atoms with Gasteiger partial charge in [0.1, 0.15) is 0 Å². The molecule has 3 aromatic carbocycles. The van der Waals surface area contributed by atoms with Crippen LogP contribution in [0.15, 0.2) is 64.8 Å². The maximum absolute atomic E-state index is 12.2. The number of thioether (sulfide) groups is 1. The van der Waals surface area contributed by atoms with Crippen molar-refractivity contribution in [3.05, 3.63) is 60.2 Å². The van der Waals surface area contributed by atoms with Crippen molar-refractivity contribution in [2.75, 3.05) is 0 Å². The zero-order chi connectivity index (χ0) is 20.8. The third kappa shape index (κ3) is 4.73. The van der Waals surface area contributed by atoms with Crippen molar-refractivity contribution in [1.82, 2.24) is 5.32 Å². The van der Waals surface area contributed by atoms with E-state index in [2.05, 4.69) is 52.8 Å². The summed E-state index contributed by atoms with van der Waals surface area (Å²) in [5.41, 5.74) is 1.05. The summed E-state index contributed by atoms with van der Waals surface area (Å²) in [7, 11) is 0. The molecule has 0 bridgehead atoms. The van der Waals surface area contributed by atoms with Gasteiger partial charge >= 0.3 is 0 Å². The smallest absolute Gasteiger partial charge is 0.239 e. The largest absolute Gasteiger partial charge is 0.303 e. The highest BCUT2D eigenvalue weighted by atomic mass is 32.2. The number of hydrogen-bond acceptors (Lipinski definition) is 4. The molecular weight excluding hydrogens is 390 g/mol. The molecule has 30 heavy (non-hydrogen) atoms. The van der Waals surface area contributed by atoms with E-state index >= 15 is 0 Å². The quantitative estimate of drug-likeness (QED) is 0.203. The molecule has 1 atom stereocenters. The van der Waals surface area contributed by atoms with Crippen LogP contribution >= 0.6 is 11.8 Å². The Morgan fingerprint density at radius 2 is 1.63 bits per heavy atom. The van der Waals surface area contributed by atoms with E-state index in [-0.39, 0.29) is 11.2 Å². The first-order valence-corrected chi connectivity index (χ1v) is 11.6. The minimum absolute atomic E-state index is 0.0426. The van der Waals surface area contributed by atoms with Gasteiger partial charge in [0.25, 0.3) is 0 Å². The number of nitrogens with zero attached hydrogens (tertiary/aromatic N) is 2. The average Bonchev–Trinajstić information content (AvgIpc) is 3.12. The lowest BCUT2D eigenvalue weighted by Gasteiger charge is -2.07. The first-order chi connectivity index (χ1) is 14.8. The summed E-state index contributed by atoms with van der Waals surface area (Å²) in [6, 6.07) is 18.8. The van der Waals surface area contributed by atoms with Crippen LogP contribution in [0, 0.1) is 0 Å². The van der Waals surface area contributed by atoms with E-state index in [1.807, 2.05) is 30.5 Å². The van der Waals surface area contributed by atoms with Gasteiger partial charge in [-0.05, 0) is 34.0 Å². The lowest BCUT2D eigenvalue weighted by atomic mass is 9.97. The highest BCUT2D eigenvalue weighted by Gasteiger charge is 2.29. The van der Waals surface area contributed by atoms with E-state index in [4.69, 9.17) is 0 Å². The molecule has 0 saturated carbocycles. The zero-order valence-electron chi connectivity index (χ0n) is 17.3. The van der Waals surface area contributed by atoms with Crippen molar-refractivity contribution in [2.24, 2.45) is 10.2 Å². The molecule has 5 heteroatoms. The van der Waals surface area contributed by atoms with Crippen molar-refractivity contribution in [3.8, 4) is 0 Å². The Morgan fingerprint density at radius 1 is 0.967 bits per heavy atom. The molecule has 3 aromatic rings. The van der Waals surface area contributed by atoms with Crippen LogP contribution < -0.4 is 5.32 Å². The summed E-state index contributed by atoms with van der Waals surface area (Å²) in [4.78, 5) is 12.2. The Bertz CT molecular complexity index is 1050. The van der Waals surface area contributed by atoms with Gasteiger partial charge in [0.15, 0.2) is 5.17 Å². The number of amides is 1. The van der Waals surface area contributed by atoms with Gasteiger partial charge in [-0.15, -0.1) is 5.10 Å². The molecule has 4 rings (SSSR count). The number of benzene rings is 3. The van der Waals surface area contributed by atoms with E-state index in [9.17, 15) is 4.79 Å². The number of unbranched alkanes of at least 4 members (excludes halogenated alkanes) is 4. The molecule has 0 aromatic heterocycles. The first-order valence-electron chi connectivity index (χ1n) is 10.8. The van der Waals surface area contributed by atoms with Gasteiger partial charge in [-0.1, -0.05) is 99.3 Å².